The number of ether oxygens (including phenoxy) is 1. The Bertz CT molecular complexity index is 1660. The van der Waals surface area contributed by atoms with Gasteiger partial charge in [-0.05, 0) is 67.8 Å². The molecular weight excluding hydrogens is 574 g/mol. The number of rotatable bonds is 13. The van der Waals surface area contributed by atoms with Crippen molar-refractivity contribution < 1.29 is 22.7 Å². The van der Waals surface area contributed by atoms with Crippen molar-refractivity contribution in [1.82, 2.24) is 10.2 Å². The Morgan fingerprint density at radius 3 is 2.07 bits per heavy atom. The molecule has 0 aliphatic heterocycles. The first kappa shape index (κ1) is 32.3. The van der Waals surface area contributed by atoms with Crippen LogP contribution in [-0.4, -0.2) is 50.9 Å². The molecule has 4 aromatic carbocycles. The van der Waals surface area contributed by atoms with Gasteiger partial charge in [0.05, 0.1) is 17.7 Å². The van der Waals surface area contributed by atoms with Gasteiger partial charge in [0, 0.05) is 19.0 Å². The lowest BCUT2D eigenvalue weighted by atomic mass is 10.0. The van der Waals surface area contributed by atoms with Gasteiger partial charge in [-0.3, -0.25) is 13.9 Å². The van der Waals surface area contributed by atoms with Crippen molar-refractivity contribution in [2.45, 2.75) is 50.7 Å². The Morgan fingerprint density at radius 1 is 0.818 bits per heavy atom. The molecule has 0 saturated heterocycles. The maximum atomic E-state index is 14.5. The minimum Gasteiger partial charge on any atom is -0.497 e. The van der Waals surface area contributed by atoms with Gasteiger partial charge < -0.3 is 15.0 Å². The van der Waals surface area contributed by atoms with Gasteiger partial charge in [-0.1, -0.05) is 78.9 Å². The summed E-state index contributed by atoms with van der Waals surface area (Å²) in [4.78, 5) is 29.8. The van der Waals surface area contributed by atoms with Gasteiger partial charge in [-0.15, -0.1) is 0 Å². The first-order chi connectivity index (χ1) is 21.1. The van der Waals surface area contributed by atoms with Gasteiger partial charge in [-0.2, -0.15) is 0 Å². The standard InChI is InChI=1S/C35H39N3O5S/c1-26(2)36-35(40)33(23-28-15-7-5-8-16-28)37(24-29-17-13-18-30(22-29)43-4)34(39)25-38(32-21-12-11-14-27(32)3)44(41,42)31-19-9-6-10-20-31/h5-22,26,33H,23-25H2,1-4H3,(H,36,40)/t33-/m1/s1. The van der Waals surface area contributed by atoms with Gasteiger partial charge in [0.15, 0.2) is 0 Å². The molecular formula is C35H39N3O5S. The van der Waals surface area contributed by atoms with Crippen molar-refractivity contribution in [2.75, 3.05) is 18.0 Å². The fourth-order valence-electron chi connectivity index (χ4n) is 4.98. The second-order valence-corrected chi connectivity index (χ2v) is 12.7. The lowest BCUT2D eigenvalue weighted by molar-refractivity contribution is -0.140. The maximum Gasteiger partial charge on any atom is 0.264 e. The van der Waals surface area contributed by atoms with Crippen molar-refractivity contribution in [3.05, 3.63) is 126 Å². The highest BCUT2D eigenvalue weighted by molar-refractivity contribution is 7.92. The molecule has 0 fully saturated rings. The Kier molecular flexibility index (Phi) is 10.8. The number of anilines is 1. The number of methoxy groups -OCH3 is 1. The molecule has 0 aromatic heterocycles. The smallest absolute Gasteiger partial charge is 0.264 e. The summed E-state index contributed by atoms with van der Waals surface area (Å²) in [5, 5.41) is 2.97. The minimum absolute atomic E-state index is 0.0616. The fourth-order valence-corrected chi connectivity index (χ4v) is 6.48. The summed E-state index contributed by atoms with van der Waals surface area (Å²) in [7, 11) is -2.59. The molecule has 44 heavy (non-hydrogen) atoms. The van der Waals surface area contributed by atoms with Crippen LogP contribution in [0.15, 0.2) is 114 Å². The number of hydrogen-bond acceptors (Lipinski definition) is 5. The minimum atomic E-state index is -4.15. The highest BCUT2D eigenvalue weighted by atomic mass is 32.2. The van der Waals surface area contributed by atoms with Crippen LogP contribution in [0.3, 0.4) is 0 Å². The monoisotopic (exact) mass is 613 g/mol. The largest absolute Gasteiger partial charge is 0.497 e. The normalized spacial score (nSPS) is 11.9. The third-order valence-corrected chi connectivity index (χ3v) is 8.96. The van der Waals surface area contributed by atoms with Gasteiger partial charge in [0.2, 0.25) is 11.8 Å². The number of nitrogens with one attached hydrogen (secondary N) is 1. The molecule has 0 spiro atoms. The molecule has 0 unspecified atom stereocenters. The summed E-state index contributed by atoms with van der Waals surface area (Å²) in [6.07, 6.45) is 0.241. The van der Waals surface area contributed by atoms with Crippen LogP contribution in [0.4, 0.5) is 5.69 Å². The van der Waals surface area contributed by atoms with Crippen LogP contribution < -0.4 is 14.4 Å². The fraction of sp³-hybridized carbons (Fsp3) is 0.257. The Balaban J connectivity index is 1.82. The number of aryl methyl sites for hydroxylation is 1. The highest BCUT2D eigenvalue weighted by Crippen LogP contribution is 2.28. The average molecular weight is 614 g/mol. The molecule has 9 heteroatoms. The van der Waals surface area contributed by atoms with Crippen molar-refractivity contribution >= 4 is 27.5 Å². The van der Waals surface area contributed by atoms with Crippen LogP contribution >= 0.6 is 0 Å². The topological polar surface area (TPSA) is 96.0 Å². The van der Waals surface area contributed by atoms with E-state index in [0.29, 0.717) is 17.0 Å². The van der Waals surface area contributed by atoms with E-state index in [4.69, 9.17) is 4.74 Å². The summed E-state index contributed by atoms with van der Waals surface area (Å²) >= 11 is 0. The summed E-state index contributed by atoms with van der Waals surface area (Å²) in [6.45, 7) is 5.07. The molecule has 0 radical (unpaired) electrons. The summed E-state index contributed by atoms with van der Waals surface area (Å²) in [5.41, 5.74) is 2.68. The van der Waals surface area contributed by atoms with E-state index < -0.39 is 28.5 Å². The number of amides is 2. The zero-order valence-corrected chi connectivity index (χ0v) is 26.3. The Labute approximate surface area is 260 Å². The van der Waals surface area contributed by atoms with E-state index in [9.17, 15) is 18.0 Å². The zero-order chi connectivity index (χ0) is 31.7. The second kappa shape index (κ2) is 14.7. The summed E-state index contributed by atoms with van der Waals surface area (Å²) < 4.78 is 34.7. The third kappa shape index (κ3) is 8.05. The summed E-state index contributed by atoms with van der Waals surface area (Å²) in [5.74, 6) is -0.238. The molecule has 1 atom stereocenters. The van der Waals surface area contributed by atoms with E-state index in [1.165, 1.54) is 17.0 Å². The van der Waals surface area contributed by atoms with Crippen LogP contribution in [-0.2, 0) is 32.6 Å². The molecule has 0 heterocycles. The Morgan fingerprint density at radius 2 is 1.43 bits per heavy atom. The molecule has 230 valence electrons. The molecule has 0 saturated carbocycles. The zero-order valence-electron chi connectivity index (χ0n) is 25.5. The van der Waals surface area contributed by atoms with Crippen LogP contribution in [0.1, 0.15) is 30.5 Å². The van der Waals surface area contributed by atoms with Crippen molar-refractivity contribution in [1.29, 1.82) is 0 Å². The molecule has 2 amide bonds. The summed E-state index contributed by atoms with van der Waals surface area (Å²) in [6, 6.07) is 30.7. The predicted octanol–water partition coefficient (Wildman–Crippen LogP) is 5.36. The third-order valence-electron chi connectivity index (χ3n) is 7.18. The first-order valence-electron chi connectivity index (χ1n) is 14.5. The molecule has 4 rings (SSSR count). The number of hydrogen-bond donors (Lipinski definition) is 1. The molecule has 4 aromatic rings. The van der Waals surface area contributed by atoms with E-state index in [1.54, 1.807) is 62.6 Å². The lowest BCUT2D eigenvalue weighted by Gasteiger charge is -2.34. The van der Waals surface area contributed by atoms with Gasteiger partial charge in [-0.25, -0.2) is 8.42 Å². The maximum absolute atomic E-state index is 14.5. The number of carbonyl (C=O) groups is 2. The molecule has 0 aliphatic rings. The van der Waals surface area contributed by atoms with E-state index in [2.05, 4.69) is 5.32 Å². The lowest BCUT2D eigenvalue weighted by Crippen LogP contribution is -2.54. The number of para-hydroxylation sites is 1. The number of sulfonamides is 1. The van der Waals surface area contributed by atoms with Crippen molar-refractivity contribution in [3.8, 4) is 5.75 Å². The number of benzene rings is 4. The predicted molar refractivity (Wildman–Crippen MR) is 173 cm³/mol. The van der Waals surface area contributed by atoms with Crippen LogP contribution in [0.25, 0.3) is 0 Å². The molecule has 8 nitrogen and oxygen atoms in total. The first-order valence-corrected chi connectivity index (χ1v) is 15.9. The van der Waals surface area contributed by atoms with Gasteiger partial charge in [0.25, 0.3) is 10.0 Å². The number of nitrogens with zero attached hydrogens (tertiary/aromatic N) is 2. The van der Waals surface area contributed by atoms with Crippen molar-refractivity contribution in [3.63, 3.8) is 0 Å². The van der Waals surface area contributed by atoms with Crippen LogP contribution in [0, 0.1) is 6.92 Å². The molecule has 0 aliphatic carbocycles. The quantitative estimate of drug-likeness (QED) is 0.219. The average Bonchev–Trinajstić information content (AvgIpc) is 3.02. The molecule has 1 N–H and O–H groups in total. The second-order valence-electron chi connectivity index (χ2n) is 10.9. The molecule has 0 bridgehead atoms. The van der Waals surface area contributed by atoms with Crippen LogP contribution in [0.5, 0.6) is 5.75 Å². The van der Waals surface area contributed by atoms with E-state index in [-0.39, 0.29) is 29.8 Å². The van der Waals surface area contributed by atoms with E-state index in [0.717, 1.165) is 15.4 Å². The van der Waals surface area contributed by atoms with Gasteiger partial charge >= 0.3 is 0 Å². The van der Waals surface area contributed by atoms with Gasteiger partial charge in [0.1, 0.15) is 18.3 Å². The van der Waals surface area contributed by atoms with E-state index in [1.807, 2.05) is 62.4 Å². The number of carbonyl (C=O) groups excluding carboxylic acids is 2. The van der Waals surface area contributed by atoms with Crippen LogP contribution in [0.2, 0.25) is 0 Å². The van der Waals surface area contributed by atoms with Crippen molar-refractivity contribution in [2.24, 2.45) is 0 Å². The van der Waals surface area contributed by atoms with E-state index >= 15 is 0 Å². The SMILES string of the molecule is COc1cccc(CN(C(=O)CN(c2ccccc2C)S(=O)(=O)c2ccccc2)[C@H](Cc2ccccc2)C(=O)NC(C)C)c1. The Hall–Kier alpha value is -4.63. The highest BCUT2D eigenvalue weighted by Gasteiger charge is 2.35.